The molecule has 0 fully saturated rings. The zero-order chi connectivity index (χ0) is 23.9. The van der Waals surface area contributed by atoms with Gasteiger partial charge in [0, 0.05) is 11.6 Å². The van der Waals surface area contributed by atoms with Gasteiger partial charge in [-0.3, -0.25) is 4.79 Å². The van der Waals surface area contributed by atoms with Crippen LogP contribution in [0.5, 0.6) is 17.2 Å². The van der Waals surface area contributed by atoms with Gasteiger partial charge >= 0.3 is 0 Å². The maximum absolute atomic E-state index is 11.7. The summed E-state index contributed by atoms with van der Waals surface area (Å²) in [6, 6.07) is 1.49. The normalized spacial score (nSPS) is 20.0. The molecule has 2 N–H and O–H groups in total. The minimum atomic E-state index is -0.338. The maximum atomic E-state index is 11.7. The van der Waals surface area contributed by atoms with E-state index in [9.17, 15) is 15.0 Å². The van der Waals surface area contributed by atoms with Gasteiger partial charge in [-0.15, -0.1) is 0 Å². The first-order valence-corrected chi connectivity index (χ1v) is 12.8. The SMILES string of the molecule is CC(=O)c1c(O)cc2c(c1O)CCC(C)(CCCC(C)CCCC(C)CCCC(C)C)O2. The van der Waals surface area contributed by atoms with Crippen molar-refractivity contribution in [3.63, 3.8) is 0 Å². The average Bonchev–Trinajstić information content (AvgIpc) is 2.66. The van der Waals surface area contributed by atoms with Crippen molar-refractivity contribution in [2.45, 2.75) is 118 Å². The quantitative estimate of drug-likeness (QED) is 0.303. The van der Waals surface area contributed by atoms with Crippen LogP contribution in [0.25, 0.3) is 0 Å². The Labute approximate surface area is 195 Å². The Balaban J connectivity index is 1.75. The zero-order valence-electron chi connectivity index (χ0n) is 21.3. The molecule has 0 aliphatic carbocycles. The fourth-order valence-corrected chi connectivity index (χ4v) is 5.04. The van der Waals surface area contributed by atoms with Crippen molar-refractivity contribution < 1.29 is 19.7 Å². The Morgan fingerprint density at radius 1 is 1.00 bits per heavy atom. The minimum Gasteiger partial charge on any atom is -0.507 e. The summed E-state index contributed by atoms with van der Waals surface area (Å²) in [4.78, 5) is 11.7. The lowest BCUT2D eigenvalue weighted by Crippen LogP contribution is -2.36. The van der Waals surface area contributed by atoms with Gasteiger partial charge in [0.25, 0.3) is 0 Å². The predicted molar refractivity (Wildman–Crippen MR) is 132 cm³/mol. The van der Waals surface area contributed by atoms with Crippen molar-refractivity contribution in [2.24, 2.45) is 17.8 Å². The van der Waals surface area contributed by atoms with Crippen LogP contribution in [0.2, 0.25) is 0 Å². The van der Waals surface area contributed by atoms with E-state index in [1.165, 1.54) is 57.9 Å². The Morgan fingerprint density at radius 2 is 1.56 bits per heavy atom. The first kappa shape index (κ1) is 26.5. The number of phenolic OH excluding ortho intramolecular Hbond substituents is 2. The van der Waals surface area contributed by atoms with Gasteiger partial charge in [-0.1, -0.05) is 72.6 Å². The number of rotatable bonds is 13. The number of carbonyl (C=O) groups is 1. The highest BCUT2D eigenvalue weighted by Gasteiger charge is 2.34. The Hall–Kier alpha value is -1.71. The average molecular weight is 447 g/mol. The van der Waals surface area contributed by atoms with Crippen LogP contribution in [-0.2, 0) is 6.42 Å². The summed E-state index contributed by atoms with van der Waals surface area (Å²) in [5.41, 5.74) is 0.342. The number of hydrogen-bond acceptors (Lipinski definition) is 4. The number of aromatic hydroxyl groups is 2. The van der Waals surface area contributed by atoms with E-state index in [0.29, 0.717) is 17.7 Å². The van der Waals surface area contributed by atoms with Crippen molar-refractivity contribution in [2.75, 3.05) is 0 Å². The number of hydrogen-bond donors (Lipinski definition) is 2. The highest BCUT2D eigenvalue weighted by Crippen LogP contribution is 2.45. The molecule has 3 atom stereocenters. The largest absolute Gasteiger partial charge is 0.507 e. The van der Waals surface area contributed by atoms with E-state index in [4.69, 9.17) is 4.74 Å². The summed E-state index contributed by atoms with van der Waals surface area (Å²) in [5, 5.41) is 20.6. The summed E-state index contributed by atoms with van der Waals surface area (Å²) in [6.07, 6.45) is 12.8. The van der Waals surface area contributed by atoms with Crippen LogP contribution in [0.3, 0.4) is 0 Å². The molecular formula is C28H46O4. The second-order valence-corrected chi connectivity index (χ2v) is 11.1. The molecule has 0 bridgehead atoms. The van der Waals surface area contributed by atoms with Gasteiger partial charge in [0.15, 0.2) is 5.78 Å². The van der Waals surface area contributed by atoms with Gasteiger partial charge in [-0.05, 0) is 57.3 Å². The molecular weight excluding hydrogens is 400 g/mol. The smallest absolute Gasteiger partial charge is 0.167 e. The van der Waals surface area contributed by atoms with Crippen LogP contribution in [0.1, 0.15) is 122 Å². The number of carbonyl (C=O) groups excluding carboxylic acids is 1. The van der Waals surface area contributed by atoms with E-state index in [1.54, 1.807) is 0 Å². The fraction of sp³-hybridized carbons (Fsp3) is 0.750. The molecule has 0 spiro atoms. The second kappa shape index (κ2) is 12.0. The standard InChI is InChI=1S/C28H46O4/c1-19(2)10-7-11-20(3)12-8-13-21(4)14-9-16-28(6)17-15-23-25(32-28)18-24(30)26(22(5)29)27(23)31/h18-21,30-31H,7-17H2,1-6H3. The van der Waals surface area contributed by atoms with Crippen LogP contribution in [0, 0.1) is 17.8 Å². The predicted octanol–water partition coefficient (Wildman–Crippen LogP) is 7.82. The van der Waals surface area contributed by atoms with E-state index in [2.05, 4.69) is 34.6 Å². The molecule has 1 aromatic rings. The van der Waals surface area contributed by atoms with Gasteiger partial charge in [0.1, 0.15) is 28.4 Å². The number of ether oxygens (including phenoxy) is 1. The van der Waals surface area contributed by atoms with Crippen LogP contribution >= 0.6 is 0 Å². The van der Waals surface area contributed by atoms with E-state index in [1.807, 2.05) is 0 Å². The van der Waals surface area contributed by atoms with Gasteiger partial charge in [0.05, 0.1) is 0 Å². The summed E-state index contributed by atoms with van der Waals surface area (Å²) in [6.45, 7) is 12.8. The summed E-state index contributed by atoms with van der Waals surface area (Å²) in [7, 11) is 0. The molecule has 2 rings (SSSR count). The van der Waals surface area contributed by atoms with Crippen molar-refractivity contribution in [1.82, 2.24) is 0 Å². The molecule has 182 valence electrons. The Kier molecular flexibility index (Phi) is 9.91. The summed E-state index contributed by atoms with van der Waals surface area (Å²) < 4.78 is 6.23. The van der Waals surface area contributed by atoms with E-state index in [0.717, 1.165) is 37.0 Å². The van der Waals surface area contributed by atoms with Crippen LogP contribution < -0.4 is 4.74 Å². The van der Waals surface area contributed by atoms with Gasteiger partial charge in [-0.2, -0.15) is 0 Å². The van der Waals surface area contributed by atoms with Crippen molar-refractivity contribution in [3.05, 3.63) is 17.2 Å². The lowest BCUT2D eigenvalue weighted by atomic mass is 9.85. The molecule has 1 aromatic carbocycles. The molecule has 32 heavy (non-hydrogen) atoms. The molecule has 0 amide bonds. The van der Waals surface area contributed by atoms with Crippen molar-refractivity contribution in [3.8, 4) is 17.2 Å². The Morgan fingerprint density at radius 3 is 2.12 bits per heavy atom. The van der Waals surface area contributed by atoms with Crippen LogP contribution in [0.15, 0.2) is 6.07 Å². The minimum absolute atomic E-state index is 0.000909. The molecule has 0 aromatic heterocycles. The second-order valence-electron chi connectivity index (χ2n) is 11.1. The molecule has 0 saturated heterocycles. The molecule has 4 nitrogen and oxygen atoms in total. The number of Topliss-reactive ketones (excluding diaryl/α,β-unsaturated/α-hetero) is 1. The number of ketones is 1. The molecule has 0 saturated carbocycles. The third-order valence-corrected chi connectivity index (χ3v) is 7.23. The molecule has 4 heteroatoms. The first-order chi connectivity index (χ1) is 15.0. The lowest BCUT2D eigenvalue weighted by molar-refractivity contribution is 0.0513. The van der Waals surface area contributed by atoms with Crippen molar-refractivity contribution >= 4 is 5.78 Å². The highest BCUT2D eigenvalue weighted by atomic mass is 16.5. The summed E-state index contributed by atoms with van der Waals surface area (Å²) >= 11 is 0. The van der Waals surface area contributed by atoms with E-state index >= 15 is 0 Å². The Bertz CT molecular complexity index is 754. The van der Waals surface area contributed by atoms with E-state index in [-0.39, 0.29) is 28.4 Å². The fourth-order valence-electron chi connectivity index (χ4n) is 5.04. The van der Waals surface area contributed by atoms with Crippen molar-refractivity contribution in [1.29, 1.82) is 0 Å². The summed E-state index contributed by atoms with van der Waals surface area (Å²) in [5.74, 6) is 2.23. The zero-order valence-corrected chi connectivity index (χ0v) is 21.3. The molecule has 1 aliphatic heterocycles. The van der Waals surface area contributed by atoms with Gasteiger partial charge in [0.2, 0.25) is 0 Å². The lowest BCUT2D eigenvalue weighted by Gasteiger charge is -2.36. The molecule has 1 heterocycles. The molecule has 0 radical (unpaired) electrons. The van der Waals surface area contributed by atoms with Gasteiger partial charge in [-0.25, -0.2) is 0 Å². The highest BCUT2D eigenvalue weighted by molar-refractivity contribution is 6.00. The molecule has 3 unspecified atom stereocenters. The topological polar surface area (TPSA) is 66.8 Å². The monoisotopic (exact) mass is 446 g/mol. The third-order valence-electron chi connectivity index (χ3n) is 7.23. The molecule has 1 aliphatic rings. The number of fused-ring (bicyclic) bond motifs is 1. The van der Waals surface area contributed by atoms with Gasteiger partial charge < -0.3 is 14.9 Å². The third kappa shape index (κ3) is 7.71. The number of benzene rings is 1. The first-order valence-electron chi connectivity index (χ1n) is 12.8. The van der Waals surface area contributed by atoms with Crippen LogP contribution in [-0.4, -0.2) is 21.6 Å². The van der Waals surface area contributed by atoms with E-state index < -0.39 is 0 Å². The maximum Gasteiger partial charge on any atom is 0.167 e. The number of phenols is 2. The van der Waals surface area contributed by atoms with Crippen LogP contribution in [0.4, 0.5) is 0 Å².